The number of nitrogens with one attached hydrogen (secondary N) is 2. The summed E-state index contributed by atoms with van der Waals surface area (Å²) in [6.45, 7) is 5.70. The molecule has 5 fully saturated rings. The Kier molecular flexibility index (Phi) is 5.47. The molecule has 0 spiro atoms. The van der Waals surface area contributed by atoms with Crippen LogP contribution >= 0.6 is 0 Å². The molecule has 9 heteroatoms. The first kappa shape index (κ1) is 21.4. The zero-order chi connectivity index (χ0) is 22.5. The quantitative estimate of drug-likeness (QED) is 0.736. The summed E-state index contributed by atoms with van der Waals surface area (Å²) in [5.41, 5.74) is 0.553. The molecule has 4 bridgehead atoms. The van der Waals surface area contributed by atoms with Crippen molar-refractivity contribution in [2.45, 2.75) is 64.0 Å². The van der Waals surface area contributed by atoms with Crippen LogP contribution in [0.3, 0.4) is 0 Å². The maximum Gasteiger partial charge on any atom is 0.321 e. The van der Waals surface area contributed by atoms with E-state index < -0.39 is 6.04 Å². The summed E-state index contributed by atoms with van der Waals surface area (Å²) < 4.78 is 5.07. The van der Waals surface area contributed by atoms with E-state index in [-0.39, 0.29) is 29.1 Å². The molecule has 1 unspecified atom stereocenters. The summed E-state index contributed by atoms with van der Waals surface area (Å²) in [5, 5.41) is 9.55. The van der Waals surface area contributed by atoms with Gasteiger partial charge in [0.05, 0.1) is 11.7 Å². The number of carbonyl (C=O) groups is 3. The molecule has 1 aliphatic heterocycles. The van der Waals surface area contributed by atoms with E-state index in [2.05, 4.69) is 15.8 Å². The number of nitrogens with zero attached hydrogens (tertiary/aromatic N) is 3. The highest BCUT2D eigenvalue weighted by Crippen LogP contribution is 2.55. The van der Waals surface area contributed by atoms with Gasteiger partial charge in [0, 0.05) is 37.8 Å². The van der Waals surface area contributed by atoms with Crippen LogP contribution < -0.4 is 10.6 Å². The molecular formula is C23H33N5O4. The number of hydrogen-bond acceptors (Lipinski definition) is 6. The summed E-state index contributed by atoms with van der Waals surface area (Å²) in [6, 6.07) is 0.827. The molecule has 1 aromatic heterocycles. The van der Waals surface area contributed by atoms with Gasteiger partial charge in [-0.3, -0.25) is 19.8 Å². The van der Waals surface area contributed by atoms with E-state index >= 15 is 0 Å². The first-order valence-corrected chi connectivity index (χ1v) is 11.9. The Labute approximate surface area is 188 Å². The van der Waals surface area contributed by atoms with Crippen molar-refractivity contribution in [3.63, 3.8) is 0 Å². The summed E-state index contributed by atoms with van der Waals surface area (Å²) >= 11 is 0. The minimum atomic E-state index is -0.443. The predicted molar refractivity (Wildman–Crippen MR) is 116 cm³/mol. The van der Waals surface area contributed by atoms with Crippen LogP contribution in [0.1, 0.15) is 61.7 Å². The summed E-state index contributed by atoms with van der Waals surface area (Å²) in [4.78, 5) is 41.7. The minimum Gasteiger partial charge on any atom is -0.351 e. The number of rotatable bonds is 4. The lowest BCUT2D eigenvalue weighted by Gasteiger charge is -2.56. The molecular weight excluding hydrogens is 410 g/mol. The van der Waals surface area contributed by atoms with Crippen molar-refractivity contribution >= 4 is 17.8 Å². The van der Waals surface area contributed by atoms with E-state index in [4.69, 9.17) is 4.52 Å². The Morgan fingerprint density at radius 2 is 1.66 bits per heavy atom. The Balaban J connectivity index is 1.11. The second-order valence-electron chi connectivity index (χ2n) is 10.5. The summed E-state index contributed by atoms with van der Waals surface area (Å²) in [5.74, 6) is 1.96. The molecule has 1 aromatic rings. The fourth-order valence-corrected chi connectivity index (χ4v) is 6.85. The van der Waals surface area contributed by atoms with Gasteiger partial charge in [0.25, 0.3) is 5.91 Å². The fourth-order valence-electron chi connectivity index (χ4n) is 6.85. The highest BCUT2D eigenvalue weighted by Gasteiger charge is 2.51. The van der Waals surface area contributed by atoms with Gasteiger partial charge in [-0.2, -0.15) is 0 Å². The molecule has 0 radical (unpaired) electrons. The zero-order valence-corrected chi connectivity index (χ0v) is 18.9. The van der Waals surface area contributed by atoms with Gasteiger partial charge >= 0.3 is 6.03 Å². The second-order valence-corrected chi connectivity index (χ2v) is 10.5. The lowest BCUT2D eigenvalue weighted by molar-refractivity contribution is -0.125. The Morgan fingerprint density at radius 1 is 1.06 bits per heavy atom. The monoisotopic (exact) mass is 443 g/mol. The standard InChI is InChI=1S/C23H33N5O4/c1-14-7-19(32-26-14)21(30)28-5-3-27(4-6-28)15(2)20(29)24-22(31)25-23-11-16-8-17(12-23)10-18(9-16)13-23/h7,15-18H,3-6,8-13H2,1-2H3,(H2,24,25,29,31). The number of aromatic nitrogens is 1. The molecule has 1 saturated heterocycles. The molecule has 174 valence electrons. The number of piperazine rings is 1. The van der Waals surface area contributed by atoms with Gasteiger partial charge in [-0.25, -0.2) is 4.79 Å². The number of hydrogen-bond donors (Lipinski definition) is 2. The van der Waals surface area contributed by atoms with Crippen molar-refractivity contribution in [2.24, 2.45) is 17.8 Å². The van der Waals surface area contributed by atoms with Crippen molar-refractivity contribution < 1.29 is 18.9 Å². The summed E-state index contributed by atoms with van der Waals surface area (Å²) in [6.07, 6.45) is 7.08. The highest BCUT2D eigenvalue weighted by atomic mass is 16.5. The third-order valence-corrected chi connectivity index (χ3v) is 8.02. The summed E-state index contributed by atoms with van der Waals surface area (Å²) in [7, 11) is 0. The van der Waals surface area contributed by atoms with E-state index in [1.807, 2.05) is 11.8 Å². The molecule has 5 aliphatic rings. The molecule has 6 rings (SSSR count). The highest BCUT2D eigenvalue weighted by molar-refractivity contribution is 5.97. The van der Waals surface area contributed by atoms with Crippen molar-refractivity contribution in [2.75, 3.05) is 26.2 Å². The Morgan fingerprint density at radius 3 is 2.19 bits per heavy atom. The molecule has 0 aromatic carbocycles. The van der Waals surface area contributed by atoms with E-state index in [1.165, 1.54) is 19.3 Å². The maximum absolute atomic E-state index is 12.8. The van der Waals surface area contributed by atoms with Gasteiger partial charge in [0.15, 0.2) is 0 Å². The van der Waals surface area contributed by atoms with E-state index in [1.54, 1.807) is 17.9 Å². The third kappa shape index (κ3) is 4.14. The van der Waals surface area contributed by atoms with Gasteiger partial charge in [-0.15, -0.1) is 0 Å². The van der Waals surface area contributed by atoms with Crippen molar-refractivity contribution in [3.8, 4) is 0 Å². The van der Waals surface area contributed by atoms with Crippen molar-refractivity contribution in [1.82, 2.24) is 25.6 Å². The van der Waals surface area contributed by atoms with Crippen LogP contribution in [0, 0.1) is 24.7 Å². The van der Waals surface area contributed by atoms with Crippen molar-refractivity contribution in [1.29, 1.82) is 0 Å². The minimum absolute atomic E-state index is 0.118. The number of amides is 4. The van der Waals surface area contributed by atoms with Crippen LogP contribution in [-0.4, -0.2) is 70.6 Å². The van der Waals surface area contributed by atoms with Crippen LogP contribution in [0.25, 0.3) is 0 Å². The number of carbonyl (C=O) groups excluding carboxylic acids is 3. The molecule has 4 aliphatic carbocycles. The average Bonchev–Trinajstić information content (AvgIpc) is 3.17. The third-order valence-electron chi connectivity index (χ3n) is 8.02. The lowest BCUT2D eigenvalue weighted by Crippen LogP contribution is -2.63. The normalized spacial score (nSPS) is 32.6. The molecule has 1 atom stereocenters. The molecule has 2 N–H and O–H groups in total. The molecule has 4 amide bonds. The molecule has 32 heavy (non-hydrogen) atoms. The maximum atomic E-state index is 12.8. The van der Waals surface area contributed by atoms with Gasteiger partial charge in [0.1, 0.15) is 0 Å². The molecule has 4 saturated carbocycles. The first-order chi connectivity index (χ1) is 15.3. The smallest absolute Gasteiger partial charge is 0.321 e. The van der Waals surface area contributed by atoms with Crippen LogP contribution in [0.4, 0.5) is 4.79 Å². The van der Waals surface area contributed by atoms with Gasteiger partial charge in [-0.05, 0) is 70.1 Å². The first-order valence-electron chi connectivity index (χ1n) is 11.9. The molecule has 9 nitrogen and oxygen atoms in total. The van der Waals surface area contributed by atoms with E-state index in [0.29, 0.717) is 31.9 Å². The van der Waals surface area contributed by atoms with Gasteiger partial charge < -0.3 is 14.7 Å². The SMILES string of the molecule is Cc1cc(C(=O)N2CCN(C(C)C(=O)NC(=O)NC34CC5CC(CC(C5)C3)C4)CC2)on1. The number of imide groups is 1. The average molecular weight is 444 g/mol. The van der Waals surface area contributed by atoms with Crippen LogP contribution in [0.15, 0.2) is 10.6 Å². The van der Waals surface area contributed by atoms with E-state index in [9.17, 15) is 14.4 Å². The van der Waals surface area contributed by atoms with Gasteiger partial charge in [-0.1, -0.05) is 5.16 Å². The van der Waals surface area contributed by atoms with E-state index in [0.717, 1.165) is 37.0 Å². The van der Waals surface area contributed by atoms with Gasteiger partial charge in [0.2, 0.25) is 11.7 Å². The van der Waals surface area contributed by atoms with Crippen LogP contribution in [-0.2, 0) is 4.79 Å². The molecule has 2 heterocycles. The second kappa shape index (κ2) is 8.17. The fraction of sp³-hybridized carbons (Fsp3) is 0.739. The number of urea groups is 1. The largest absolute Gasteiger partial charge is 0.351 e. The lowest BCUT2D eigenvalue weighted by atomic mass is 9.53. The number of aryl methyl sites for hydroxylation is 1. The van der Waals surface area contributed by atoms with Crippen molar-refractivity contribution in [3.05, 3.63) is 17.5 Å². The Hall–Kier alpha value is -2.42. The predicted octanol–water partition coefficient (Wildman–Crippen LogP) is 1.92. The Bertz CT molecular complexity index is 869. The van der Waals surface area contributed by atoms with Crippen LogP contribution in [0.5, 0.6) is 0 Å². The van der Waals surface area contributed by atoms with Crippen LogP contribution in [0.2, 0.25) is 0 Å². The zero-order valence-electron chi connectivity index (χ0n) is 18.9. The topological polar surface area (TPSA) is 108 Å².